The van der Waals surface area contributed by atoms with E-state index >= 15 is 0 Å². The summed E-state index contributed by atoms with van der Waals surface area (Å²) < 4.78 is 16.0. The molecule has 3 heterocycles. The van der Waals surface area contributed by atoms with E-state index in [9.17, 15) is 9.18 Å². The van der Waals surface area contributed by atoms with Gasteiger partial charge in [-0.2, -0.15) is 5.26 Å². The first-order valence-corrected chi connectivity index (χ1v) is 14.7. The van der Waals surface area contributed by atoms with Crippen molar-refractivity contribution in [1.29, 1.82) is 5.26 Å². The number of nitrogens with zero attached hydrogens (tertiary/aromatic N) is 7. The summed E-state index contributed by atoms with van der Waals surface area (Å²) in [6.07, 6.45) is 2.16. The van der Waals surface area contributed by atoms with Crippen LogP contribution in [-0.4, -0.2) is 56.7 Å². The molecule has 1 saturated carbocycles. The molecule has 1 N–H and O–H groups in total. The third kappa shape index (κ3) is 4.94. The fraction of sp³-hybridized carbons (Fsp3) is 0.258. The number of imidazole rings is 1. The summed E-state index contributed by atoms with van der Waals surface area (Å²) in [6, 6.07) is 20.5. The number of rotatable bonds is 6. The second-order valence-corrected chi connectivity index (χ2v) is 11.6. The van der Waals surface area contributed by atoms with Crippen molar-refractivity contribution in [2.24, 2.45) is 0 Å². The quantitative estimate of drug-likeness (QED) is 0.264. The van der Waals surface area contributed by atoms with Crippen LogP contribution in [0.1, 0.15) is 31.4 Å². The minimum Gasteiger partial charge on any atom is -0.366 e. The molecule has 0 radical (unpaired) electrons. The van der Waals surface area contributed by atoms with Crippen molar-refractivity contribution < 1.29 is 9.18 Å². The Morgan fingerprint density at radius 3 is 2.38 bits per heavy atom. The van der Waals surface area contributed by atoms with Crippen LogP contribution in [0.4, 0.5) is 20.9 Å². The molecule has 0 spiro atoms. The summed E-state index contributed by atoms with van der Waals surface area (Å²) in [7, 11) is 0. The van der Waals surface area contributed by atoms with Crippen molar-refractivity contribution in [3.8, 4) is 28.0 Å². The molecule has 0 atom stereocenters. The lowest BCUT2D eigenvalue weighted by Gasteiger charge is -2.36. The number of nitriles is 1. The summed E-state index contributed by atoms with van der Waals surface area (Å²) in [5.41, 5.74) is 6.09. The van der Waals surface area contributed by atoms with E-state index < -0.39 is 0 Å². The average molecular weight is 579 g/mol. The number of halogens is 1. The fourth-order valence-corrected chi connectivity index (χ4v) is 6.21. The van der Waals surface area contributed by atoms with Crippen LogP contribution >= 0.6 is 11.3 Å². The van der Waals surface area contributed by atoms with E-state index in [1.54, 1.807) is 31.2 Å². The number of carbonyl (C=O) groups excluding carboxylic acids is 1. The molecule has 1 saturated heterocycles. The number of fused-ring (bicyclic) bond motifs is 1. The van der Waals surface area contributed by atoms with Crippen LogP contribution in [0.3, 0.4) is 0 Å². The molecule has 5 aromatic rings. The average Bonchev–Trinajstić information content (AvgIpc) is 3.63. The number of nitrogens with one attached hydrogen (secondary N) is 1. The summed E-state index contributed by atoms with van der Waals surface area (Å²) >= 11 is 1.43. The molecular weight excluding hydrogens is 551 g/mol. The standard InChI is InChI=1S/C31H27FN8OS/c1-19(41)38-12-14-39(15-13-38)27-17-28-26(34-29(40(28)24-10-11-24)21-6-8-23(32)9-7-21)16-25(27)35-31-37-36-30(42-31)22-4-2-20(18-33)3-5-22/h2-9,16-17,24H,10-15H2,1H3,(H,35,37). The lowest BCUT2D eigenvalue weighted by Crippen LogP contribution is -2.48. The molecule has 2 fully saturated rings. The van der Waals surface area contributed by atoms with Gasteiger partial charge in [0, 0.05) is 50.3 Å². The Morgan fingerprint density at radius 2 is 1.71 bits per heavy atom. The van der Waals surface area contributed by atoms with Gasteiger partial charge in [0.05, 0.1) is 34.0 Å². The second kappa shape index (κ2) is 10.5. The Bertz CT molecular complexity index is 1830. The zero-order chi connectivity index (χ0) is 28.8. The highest BCUT2D eigenvalue weighted by molar-refractivity contribution is 7.18. The maximum Gasteiger partial charge on any atom is 0.219 e. The summed E-state index contributed by atoms with van der Waals surface area (Å²) in [5.74, 6) is 0.642. The highest BCUT2D eigenvalue weighted by Gasteiger charge is 2.30. The van der Waals surface area contributed by atoms with Crippen LogP contribution < -0.4 is 10.2 Å². The van der Waals surface area contributed by atoms with Crippen molar-refractivity contribution in [3.63, 3.8) is 0 Å². The van der Waals surface area contributed by atoms with E-state index in [1.807, 2.05) is 17.0 Å². The van der Waals surface area contributed by atoms with E-state index in [-0.39, 0.29) is 11.7 Å². The smallest absolute Gasteiger partial charge is 0.219 e. The van der Waals surface area contributed by atoms with Gasteiger partial charge in [0.1, 0.15) is 16.6 Å². The van der Waals surface area contributed by atoms with Gasteiger partial charge in [-0.05, 0) is 61.4 Å². The zero-order valence-electron chi connectivity index (χ0n) is 22.9. The van der Waals surface area contributed by atoms with Crippen LogP contribution in [0.15, 0.2) is 60.7 Å². The van der Waals surface area contributed by atoms with E-state index in [4.69, 9.17) is 10.2 Å². The van der Waals surface area contributed by atoms with E-state index in [2.05, 4.69) is 43.2 Å². The number of anilines is 3. The molecule has 0 bridgehead atoms. The van der Waals surface area contributed by atoms with Crippen molar-refractivity contribution in [1.82, 2.24) is 24.6 Å². The molecule has 1 amide bonds. The normalized spacial score (nSPS) is 15.2. The summed E-state index contributed by atoms with van der Waals surface area (Å²) in [6.45, 7) is 4.32. The SMILES string of the molecule is CC(=O)N1CCN(c2cc3c(cc2Nc2nnc(-c4ccc(C#N)cc4)s2)nc(-c2ccc(F)cc2)n3C2CC2)CC1. The van der Waals surface area contributed by atoms with Crippen LogP contribution in [0.25, 0.3) is 33.0 Å². The van der Waals surface area contributed by atoms with Crippen LogP contribution in [-0.2, 0) is 4.79 Å². The third-order valence-corrected chi connectivity index (χ3v) is 8.70. The first kappa shape index (κ1) is 26.1. The van der Waals surface area contributed by atoms with E-state index in [0.29, 0.717) is 42.9 Å². The zero-order valence-corrected chi connectivity index (χ0v) is 23.7. The number of benzene rings is 3. The van der Waals surface area contributed by atoms with Crippen molar-refractivity contribution in [2.75, 3.05) is 36.4 Å². The number of carbonyl (C=O) groups is 1. The van der Waals surface area contributed by atoms with Gasteiger partial charge in [0.25, 0.3) is 0 Å². The van der Waals surface area contributed by atoms with E-state index in [0.717, 1.165) is 57.2 Å². The van der Waals surface area contributed by atoms with Gasteiger partial charge in [0.2, 0.25) is 11.0 Å². The van der Waals surface area contributed by atoms with Gasteiger partial charge < -0.3 is 19.7 Å². The second-order valence-electron chi connectivity index (χ2n) is 10.6. The lowest BCUT2D eigenvalue weighted by atomic mass is 10.2. The first-order chi connectivity index (χ1) is 20.5. The molecule has 1 aliphatic heterocycles. The van der Waals surface area contributed by atoms with Crippen LogP contribution in [0.5, 0.6) is 0 Å². The van der Waals surface area contributed by atoms with E-state index in [1.165, 1.54) is 23.5 Å². The number of piperazine rings is 1. The monoisotopic (exact) mass is 578 g/mol. The minimum absolute atomic E-state index is 0.0865. The van der Waals surface area contributed by atoms with Gasteiger partial charge in [-0.3, -0.25) is 4.79 Å². The van der Waals surface area contributed by atoms with Crippen molar-refractivity contribution in [3.05, 3.63) is 72.0 Å². The Labute approximate surface area is 245 Å². The van der Waals surface area contributed by atoms with Gasteiger partial charge in [0.15, 0.2) is 0 Å². The highest BCUT2D eigenvalue weighted by Crippen LogP contribution is 2.44. The number of amides is 1. The maximum absolute atomic E-state index is 13.7. The predicted molar refractivity (Wildman–Crippen MR) is 161 cm³/mol. The maximum atomic E-state index is 13.7. The molecular formula is C31H27FN8OS. The molecule has 3 aromatic carbocycles. The highest BCUT2D eigenvalue weighted by atomic mass is 32.1. The Morgan fingerprint density at radius 1 is 1.00 bits per heavy atom. The molecule has 42 heavy (non-hydrogen) atoms. The number of aromatic nitrogens is 4. The summed E-state index contributed by atoms with van der Waals surface area (Å²) in [4.78, 5) is 21.2. The molecule has 1 aliphatic carbocycles. The Balaban J connectivity index is 1.29. The Hall–Kier alpha value is -4.82. The molecule has 210 valence electrons. The van der Waals surface area contributed by atoms with Crippen LogP contribution in [0, 0.1) is 17.1 Å². The van der Waals surface area contributed by atoms with Gasteiger partial charge >= 0.3 is 0 Å². The number of hydrogen-bond acceptors (Lipinski definition) is 8. The molecule has 9 nitrogen and oxygen atoms in total. The van der Waals surface area contributed by atoms with Gasteiger partial charge in [-0.1, -0.05) is 23.5 Å². The molecule has 11 heteroatoms. The van der Waals surface area contributed by atoms with Gasteiger partial charge in [-0.15, -0.1) is 10.2 Å². The topological polar surface area (TPSA) is 103 Å². The van der Waals surface area contributed by atoms with Crippen LogP contribution in [0.2, 0.25) is 0 Å². The lowest BCUT2D eigenvalue weighted by molar-refractivity contribution is -0.129. The molecule has 7 rings (SSSR count). The number of hydrogen-bond donors (Lipinski definition) is 1. The minimum atomic E-state index is -0.274. The summed E-state index contributed by atoms with van der Waals surface area (Å²) in [5, 5.41) is 22.8. The first-order valence-electron chi connectivity index (χ1n) is 13.9. The Kier molecular flexibility index (Phi) is 6.55. The largest absolute Gasteiger partial charge is 0.366 e. The van der Waals surface area contributed by atoms with Gasteiger partial charge in [-0.25, -0.2) is 9.37 Å². The third-order valence-electron chi connectivity index (χ3n) is 7.81. The molecule has 2 aromatic heterocycles. The fourth-order valence-electron chi connectivity index (χ4n) is 5.45. The van der Waals surface area contributed by atoms with Crippen molar-refractivity contribution >= 4 is 44.8 Å². The predicted octanol–water partition coefficient (Wildman–Crippen LogP) is 5.98. The molecule has 2 aliphatic rings. The van der Waals surface area contributed by atoms with Crippen molar-refractivity contribution in [2.45, 2.75) is 25.8 Å². The molecule has 0 unspecified atom stereocenters.